The molecule has 3 heterocycles. The number of aryl methyl sites for hydroxylation is 3. The maximum Gasteiger partial charge on any atom is 0.416 e. The molecule has 1 N–H and O–H groups in total. The van der Waals surface area contributed by atoms with Crippen molar-refractivity contribution in [3.8, 4) is 5.69 Å². The number of aromatic amines is 1. The number of esters is 1. The van der Waals surface area contributed by atoms with Crippen LogP contribution in [0.2, 0.25) is 0 Å². The van der Waals surface area contributed by atoms with E-state index in [2.05, 4.69) is 15.1 Å². The first kappa shape index (κ1) is 23.4. The molecule has 0 aliphatic rings. The van der Waals surface area contributed by atoms with Gasteiger partial charge in [0.05, 0.1) is 16.6 Å². The Morgan fingerprint density at radius 2 is 1.91 bits per heavy atom. The number of fused-ring (bicyclic) bond motifs is 1. The van der Waals surface area contributed by atoms with Crippen molar-refractivity contribution >= 4 is 27.5 Å². The molecule has 0 aliphatic heterocycles. The Morgan fingerprint density at radius 3 is 2.62 bits per heavy atom. The van der Waals surface area contributed by atoms with Gasteiger partial charge in [-0.05, 0) is 44.5 Å². The molecule has 0 fully saturated rings. The molecule has 3 aromatic heterocycles. The number of benzene rings is 1. The Hall–Kier alpha value is -3.80. The highest BCUT2D eigenvalue weighted by Crippen LogP contribution is 2.30. The van der Waals surface area contributed by atoms with Crippen LogP contribution in [-0.4, -0.2) is 25.7 Å². The molecule has 1 aromatic carbocycles. The topological polar surface area (TPSA) is 107 Å². The van der Waals surface area contributed by atoms with Crippen LogP contribution in [-0.2, 0) is 17.5 Å². The first-order valence-electron chi connectivity index (χ1n) is 9.90. The van der Waals surface area contributed by atoms with Gasteiger partial charge in [0.2, 0.25) is 11.1 Å². The maximum absolute atomic E-state index is 13.1. The zero-order valence-corrected chi connectivity index (χ0v) is 18.9. The molecule has 4 rings (SSSR count). The van der Waals surface area contributed by atoms with Gasteiger partial charge in [0, 0.05) is 16.6 Å². The summed E-state index contributed by atoms with van der Waals surface area (Å²) in [5.74, 6) is -1.02. The van der Waals surface area contributed by atoms with Crippen LogP contribution in [0.25, 0.3) is 15.9 Å². The molecule has 34 heavy (non-hydrogen) atoms. The number of aromatic nitrogens is 4. The van der Waals surface area contributed by atoms with Crippen molar-refractivity contribution in [2.24, 2.45) is 0 Å². The predicted molar refractivity (Wildman–Crippen MR) is 118 cm³/mol. The lowest BCUT2D eigenvalue weighted by Crippen LogP contribution is -2.25. The molecule has 0 unspecified atom stereocenters. The summed E-state index contributed by atoms with van der Waals surface area (Å²) in [5, 5.41) is 4.39. The van der Waals surface area contributed by atoms with Crippen LogP contribution in [0.5, 0.6) is 0 Å². The third kappa shape index (κ3) is 4.36. The predicted octanol–water partition coefficient (Wildman–Crippen LogP) is 3.83. The Labute approximate surface area is 193 Å². The van der Waals surface area contributed by atoms with Crippen LogP contribution < -0.4 is 11.0 Å². The summed E-state index contributed by atoms with van der Waals surface area (Å²) in [4.78, 5) is 45.5. The second kappa shape index (κ2) is 8.52. The standard InChI is InChI=1S/C22H17F3N4O4S/c1-10-7-15(30)18(28-29(10)14-6-4-5-13(8-14)22(23,24)25)21(32)33-9-16-26-19(31)17-11(2)12(3)34-20(17)27-16/h4-8H,9H2,1-3H3,(H,26,27,31). The van der Waals surface area contributed by atoms with Gasteiger partial charge >= 0.3 is 12.1 Å². The summed E-state index contributed by atoms with van der Waals surface area (Å²) in [6.07, 6.45) is -4.57. The largest absolute Gasteiger partial charge is 0.453 e. The van der Waals surface area contributed by atoms with Crippen molar-refractivity contribution in [1.29, 1.82) is 0 Å². The van der Waals surface area contributed by atoms with E-state index in [0.717, 1.165) is 33.3 Å². The molecule has 4 aromatic rings. The third-order valence-electron chi connectivity index (χ3n) is 5.15. The fourth-order valence-corrected chi connectivity index (χ4v) is 4.38. The zero-order valence-electron chi connectivity index (χ0n) is 18.1. The SMILES string of the molecule is Cc1sc2nc(COC(=O)c3nn(-c4cccc(C(F)(F)F)c4)c(C)cc3=O)[nH]c(=O)c2c1C. The number of nitrogens with one attached hydrogen (secondary N) is 1. The Balaban J connectivity index is 1.63. The van der Waals surface area contributed by atoms with Gasteiger partial charge in [-0.2, -0.15) is 18.3 Å². The molecule has 0 amide bonds. The third-order valence-corrected chi connectivity index (χ3v) is 6.25. The number of carbonyl (C=O) groups excluding carboxylic acids is 1. The van der Waals surface area contributed by atoms with Crippen molar-refractivity contribution in [3.63, 3.8) is 0 Å². The summed E-state index contributed by atoms with van der Waals surface area (Å²) in [6.45, 7) is 4.71. The highest BCUT2D eigenvalue weighted by Gasteiger charge is 2.30. The number of H-pyrrole nitrogens is 1. The quantitative estimate of drug-likeness (QED) is 0.436. The summed E-state index contributed by atoms with van der Waals surface area (Å²) in [6, 6.07) is 5.39. The van der Waals surface area contributed by atoms with Gasteiger partial charge in [-0.1, -0.05) is 6.07 Å². The van der Waals surface area contributed by atoms with E-state index in [1.165, 1.54) is 30.4 Å². The van der Waals surface area contributed by atoms with Crippen LogP contribution in [0.4, 0.5) is 13.2 Å². The van der Waals surface area contributed by atoms with E-state index in [0.29, 0.717) is 10.2 Å². The van der Waals surface area contributed by atoms with Crippen LogP contribution >= 0.6 is 11.3 Å². The van der Waals surface area contributed by atoms with E-state index >= 15 is 0 Å². The lowest BCUT2D eigenvalue weighted by Gasteiger charge is -2.13. The number of hydrogen-bond donors (Lipinski definition) is 1. The van der Waals surface area contributed by atoms with Crippen molar-refractivity contribution in [1.82, 2.24) is 19.7 Å². The molecule has 0 saturated heterocycles. The van der Waals surface area contributed by atoms with E-state index in [-0.39, 0.29) is 22.8 Å². The molecule has 0 atom stereocenters. The van der Waals surface area contributed by atoms with Crippen LogP contribution in [0.15, 0.2) is 39.9 Å². The van der Waals surface area contributed by atoms with Crippen LogP contribution in [0.1, 0.15) is 38.0 Å². The molecular formula is C22H17F3N4O4S. The minimum atomic E-state index is -4.57. The van der Waals surface area contributed by atoms with Crippen molar-refractivity contribution in [3.05, 3.63) is 84.1 Å². The van der Waals surface area contributed by atoms with E-state index in [1.54, 1.807) is 0 Å². The van der Waals surface area contributed by atoms with E-state index in [4.69, 9.17) is 4.74 Å². The monoisotopic (exact) mass is 490 g/mol. The van der Waals surface area contributed by atoms with Crippen molar-refractivity contribution in [2.75, 3.05) is 0 Å². The number of halogens is 3. The van der Waals surface area contributed by atoms with E-state index < -0.39 is 35.4 Å². The van der Waals surface area contributed by atoms with Crippen LogP contribution in [0.3, 0.4) is 0 Å². The van der Waals surface area contributed by atoms with Gasteiger partial charge < -0.3 is 9.72 Å². The van der Waals surface area contributed by atoms with Gasteiger partial charge in [-0.3, -0.25) is 9.59 Å². The second-order valence-corrected chi connectivity index (χ2v) is 8.71. The van der Waals surface area contributed by atoms with Crippen molar-refractivity contribution < 1.29 is 22.7 Å². The maximum atomic E-state index is 13.1. The van der Waals surface area contributed by atoms with Gasteiger partial charge in [0.15, 0.2) is 0 Å². The number of rotatable bonds is 4. The number of alkyl halides is 3. The Morgan fingerprint density at radius 1 is 1.18 bits per heavy atom. The molecule has 0 bridgehead atoms. The lowest BCUT2D eigenvalue weighted by atomic mass is 10.2. The summed E-state index contributed by atoms with van der Waals surface area (Å²) < 4.78 is 45.4. The minimum absolute atomic E-state index is 0.0151. The molecule has 0 aliphatic carbocycles. The fraction of sp³-hybridized carbons (Fsp3) is 0.227. The van der Waals surface area contributed by atoms with Gasteiger partial charge in [-0.15, -0.1) is 11.3 Å². The second-order valence-electron chi connectivity index (χ2n) is 7.51. The first-order chi connectivity index (χ1) is 16.0. The average molecular weight is 490 g/mol. The first-order valence-corrected chi connectivity index (χ1v) is 10.7. The molecule has 0 saturated carbocycles. The lowest BCUT2D eigenvalue weighted by molar-refractivity contribution is -0.137. The molecule has 8 nitrogen and oxygen atoms in total. The smallest absolute Gasteiger partial charge is 0.416 e. The normalized spacial score (nSPS) is 11.7. The Kier molecular flexibility index (Phi) is 5.86. The number of ether oxygens (including phenoxy) is 1. The summed E-state index contributed by atoms with van der Waals surface area (Å²) in [5.41, 5.74) is -1.60. The van der Waals surface area contributed by atoms with Gasteiger partial charge in [0.25, 0.3) is 5.56 Å². The average Bonchev–Trinajstić information content (AvgIpc) is 3.05. The number of nitrogens with zero attached hydrogens (tertiary/aromatic N) is 3. The Bertz CT molecular complexity index is 1550. The molecule has 176 valence electrons. The van der Waals surface area contributed by atoms with Gasteiger partial charge in [-0.25, -0.2) is 14.5 Å². The highest BCUT2D eigenvalue weighted by atomic mass is 32.1. The zero-order chi connectivity index (χ0) is 24.8. The minimum Gasteiger partial charge on any atom is -0.453 e. The molecular weight excluding hydrogens is 473 g/mol. The molecule has 0 spiro atoms. The number of thiophene rings is 1. The number of carbonyl (C=O) groups is 1. The summed E-state index contributed by atoms with van der Waals surface area (Å²) in [7, 11) is 0. The van der Waals surface area contributed by atoms with Crippen molar-refractivity contribution in [2.45, 2.75) is 33.6 Å². The van der Waals surface area contributed by atoms with E-state index in [1.807, 2.05) is 13.8 Å². The van der Waals surface area contributed by atoms with Gasteiger partial charge in [0.1, 0.15) is 17.3 Å². The van der Waals surface area contributed by atoms with Crippen LogP contribution in [0, 0.1) is 20.8 Å². The number of hydrogen-bond acceptors (Lipinski definition) is 7. The van der Waals surface area contributed by atoms with E-state index in [9.17, 15) is 27.6 Å². The summed E-state index contributed by atoms with van der Waals surface area (Å²) >= 11 is 1.33. The molecule has 0 radical (unpaired) electrons. The molecule has 12 heteroatoms. The fourth-order valence-electron chi connectivity index (χ4n) is 3.33. The highest BCUT2D eigenvalue weighted by molar-refractivity contribution is 7.18.